The van der Waals surface area contributed by atoms with E-state index in [1.165, 1.54) is 27.2 Å². The van der Waals surface area contributed by atoms with Crippen molar-refractivity contribution in [1.82, 2.24) is 0 Å². The molecule has 0 amide bonds. The lowest BCUT2D eigenvalue weighted by atomic mass is 10.0. The molecule has 9 heteroatoms. The monoisotopic (exact) mass is 316 g/mol. The number of ether oxygens (including phenoxy) is 3. The Labute approximate surface area is 126 Å². The molecule has 1 aromatic carbocycles. The van der Waals surface area contributed by atoms with Crippen molar-refractivity contribution in [2.75, 3.05) is 20.8 Å². The molecule has 8 nitrogen and oxygen atoms in total. The van der Waals surface area contributed by atoms with Crippen LogP contribution in [0.25, 0.3) is 0 Å². The Morgan fingerprint density at radius 1 is 1.36 bits per heavy atom. The van der Waals surface area contributed by atoms with Crippen LogP contribution in [0.2, 0.25) is 0 Å². The van der Waals surface area contributed by atoms with Gasteiger partial charge in [-0.15, -0.1) is 0 Å². The zero-order valence-corrected chi connectivity index (χ0v) is 12.4. The van der Waals surface area contributed by atoms with Gasteiger partial charge in [0.05, 0.1) is 43.4 Å². The molecular weight excluding hydrogens is 299 g/mol. The Hall–Kier alpha value is -2.42. The summed E-state index contributed by atoms with van der Waals surface area (Å²) < 4.78 is 28.5. The lowest BCUT2D eigenvalue weighted by Crippen LogP contribution is -2.32. The van der Waals surface area contributed by atoms with Crippen LogP contribution in [0.4, 0.5) is 10.1 Å². The first-order chi connectivity index (χ1) is 10.4. The number of nitro benzene ring substituents is 1. The normalized spacial score (nSPS) is 13.1. The lowest BCUT2D eigenvalue weighted by molar-refractivity contribution is -0.385. The van der Waals surface area contributed by atoms with Gasteiger partial charge in [0.25, 0.3) is 5.69 Å². The molecule has 2 atom stereocenters. The first-order valence-electron chi connectivity index (χ1n) is 6.33. The molecule has 0 saturated carbocycles. The topological polar surface area (TPSA) is 114 Å². The van der Waals surface area contributed by atoms with Crippen LogP contribution < -0.4 is 15.2 Å². The van der Waals surface area contributed by atoms with E-state index >= 15 is 0 Å². The number of nitrogens with zero attached hydrogens (tertiary/aromatic N) is 1. The van der Waals surface area contributed by atoms with Crippen molar-refractivity contribution in [2.45, 2.75) is 19.1 Å². The second-order valence-electron chi connectivity index (χ2n) is 4.20. The highest BCUT2D eigenvalue weighted by molar-refractivity contribution is 5.76. The molecule has 0 heterocycles. The number of carbonyl (C=O) groups excluding carboxylic acids is 1. The number of rotatable bonds is 7. The van der Waals surface area contributed by atoms with Crippen molar-refractivity contribution in [3.05, 3.63) is 27.8 Å². The second kappa shape index (κ2) is 7.55. The van der Waals surface area contributed by atoms with Gasteiger partial charge in [0.1, 0.15) is 0 Å². The van der Waals surface area contributed by atoms with E-state index < -0.39 is 28.8 Å². The van der Waals surface area contributed by atoms with E-state index in [1.54, 1.807) is 0 Å². The number of nitrogens with two attached hydrogens (primary N) is 1. The molecule has 0 spiro atoms. The van der Waals surface area contributed by atoms with Crippen molar-refractivity contribution < 1.29 is 28.3 Å². The minimum Gasteiger partial charge on any atom is -0.493 e. The van der Waals surface area contributed by atoms with Crippen LogP contribution in [0.15, 0.2) is 12.1 Å². The Bertz CT molecular complexity index is 566. The summed E-state index contributed by atoms with van der Waals surface area (Å²) in [5, 5.41) is 11.1. The first-order valence-corrected chi connectivity index (χ1v) is 6.33. The number of alkyl halides is 1. The Balaban J connectivity index is 3.31. The summed E-state index contributed by atoms with van der Waals surface area (Å²) in [6, 6.07) is 0.665. The van der Waals surface area contributed by atoms with Gasteiger partial charge in [-0.05, 0) is 13.0 Å². The maximum absolute atomic E-state index is 14.0. The molecule has 122 valence electrons. The fourth-order valence-electron chi connectivity index (χ4n) is 1.84. The summed E-state index contributed by atoms with van der Waals surface area (Å²) >= 11 is 0. The van der Waals surface area contributed by atoms with Crippen molar-refractivity contribution in [3.8, 4) is 11.5 Å². The number of hydrogen-bond acceptors (Lipinski definition) is 7. The molecule has 0 saturated heterocycles. The number of benzene rings is 1. The number of carbonyl (C=O) groups is 1. The number of esters is 1. The molecule has 2 N–H and O–H groups in total. The van der Waals surface area contributed by atoms with Crippen LogP contribution in [0.5, 0.6) is 11.5 Å². The van der Waals surface area contributed by atoms with Gasteiger partial charge in [-0.25, -0.2) is 9.18 Å². The van der Waals surface area contributed by atoms with Gasteiger partial charge in [0.15, 0.2) is 11.5 Å². The number of nitro groups is 1. The number of halogens is 1. The molecule has 0 aliphatic heterocycles. The highest BCUT2D eigenvalue weighted by Gasteiger charge is 2.33. The smallest absolute Gasteiger partial charge is 0.342 e. The van der Waals surface area contributed by atoms with Gasteiger partial charge in [-0.1, -0.05) is 0 Å². The van der Waals surface area contributed by atoms with Crippen LogP contribution >= 0.6 is 0 Å². The maximum Gasteiger partial charge on any atom is 0.342 e. The summed E-state index contributed by atoms with van der Waals surface area (Å²) in [5.41, 5.74) is 4.98. The molecule has 22 heavy (non-hydrogen) atoms. The highest BCUT2D eigenvalue weighted by atomic mass is 19.1. The van der Waals surface area contributed by atoms with Crippen molar-refractivity contribution in [1.29, 1.82) is 0 Å². The van der Waals surface area contributed by atoms with E-state index in [1.807, 2.05) is 0 Å². The van der Waals surface area contributed by atoms with Crippen LogP contribution in [0.3, 0.4) is 0 Å². The maximum atomic E-state index is 14.0. The summed E-state index contributed by atoms with van der Waals surface area (Å²) in [7, 11) is 2.62. The third kappa shape index (κ3) is 3.61. The zero-order chi connectivity index (χ0) is 16.9. The fourth-order valence-corrected chi connectivity index (χ4v) is 1.84. The standard InChI is InChI=1S/C13H17FN2O6/c1-4-22-13(17)11(14)12(15)7-5-9(20-2)10(21-3)6-8(7)16(18)19/h5-6,11-12H,4,15H2,1-3H3/t11?,12-/m0/s1. The summed E-state index contributed by atoms with van der Waals surface area (Å²) in [6.45, 7) is 1.48. The Morgan fingerprint density at radius 3 is 2.36 bits per heavy atom. The molecule has 0 aromatic heterocycles. The van der Waals surface area contributed by atoms with E-state index in [2.05, 4.69) is 4.74 Å². The van der Waals surface area contributed by atoms with E-state index in [4.69, 9.17) is 15.2 Å². The van der Waals surface area contributed by atoms with Gasteiger partial charge in [0, 0.05) is 0 Å². The van der Waals surface area contributed by atoms with E-state index in [0.29, 0.717) is 0 Å². The summed E-state index contributed by atoms with van der Waals surface area (Å²) in [5.74, 6) is -0.953. The predicted octanol–water partition coefficient (Wildman–Crippen LogP) is 1.51. The number of methoxy groups -OCH3 is 2. The van der Waals surface area contributed by atoms with Crippen molar-refractivity contribution in [3.63, 3.8) is 0 Å². The molecule has 0 bridgehead atoms. The minimum atomic E-state index is -2.24. The van der Waals surface area contributed by atoms with E-state index in [0.717, 1.165) is 6.07 Å². The first kappa shape index (κ1) is 17.6. The quantitative estimate of drug-likeness (QED) is 0.460. The van der Waals surface area contributed by atoms with Crippen LogP contribution in [0, 0.1) is 10.1 Å². The average molecular weight is 316 g/mol. The Morgan fingerprint density at radius 2 is 1.91 bits per heavy atom. The molecule has 1 aromatic rings. The van der Waals surface area contributed by atoms with Crippen molar-refractivity contribution in [2.24, 2.45) is 5.73 Å². The van der Waals surface area contributed by atoms with E-state index in [-0.39, 0.29) is 23.7 Å². The largest absolute Gasteiger partial charge is 0.493 e. The third-order valence-corrected chi connectivity index (χ3v) is 2.92. The van der Waals surface area contributed by atoms with Gasteiger partial charge in [0.2, 0.25) is 6.17 Å². The van der Waals surface area contributed by atoms with E-state index in [9.17, 15) is 19.3 Å². The lowest BCUT2D eigenvalue weighted by Gasteiger charge is -2.17. The molecule has 0 radical (unpaired) electrons. The Kier molecular flexibility index (Phi) is 6.05. The molecule has 0 aliphatic rings. The summed E-state index contributed by atoms with van der Waals surface area (Å²) in [4.78, 5) is 21.8. The second-order valence-corrected chi connectivity index (χ2v) is 4.20. The number of hydrogen-bond donors (Lipinski definition) is 1. The molecule has 0 aliphatic carbocycles. The van der Waals surface area contributed by atoms with Crippen molar-refractivity contribution >= 4 is 11.7 Å². The third-order valence-electron chi connectivity index (χ3n) is 2.92. The van der Waals surface area contributed by atoms with Gasteiger partial charge >= 0.3 is 5.97 Å². The molecule has 0 fully saturated rings. The van der Waals surface area contributed by atoms with Gasteiger partial charge < -0.3 is 19.9 Å². The molecular formula is C13H17FN2O6. The van der Waals surface area contributed by atoms with Crippen LogP contribution in [0.1, 0.15) is 18.5 Å². The van der Waals surface area contributed by atoms with Gasteiger partial charge in [-0.2, -0.15) is 0 Å². The molecule has 1 rings (SSSR count). The van der Waals surface area contributed by atoms with Crippen LogP contribution in [-0.4, -0.2) is 37.9 Å². The average Bonchev–Trinajstić information content (AvgIpc) is 2.51. The molecule has 1 unspecified atom stereocenters. The van der Waals surface area contributed by atoms with Crippen LogP contribution in [-0.2, 0) is 9.53 Å². The predicted molar refractivity (Wildman–Crippen MR) is 74.7 cm³/mol. The van der Waals surface area contributed by atoms with Gasteiger partial charge in [-0.3, -0.25) is 10.1 Å². The zero-order valence-electron chi connectivity index (χ0n) is 12.4. The fraction of sp³-hybridized carbons (Fsp3) is 0.462. The minimum absolute atomic E-state index is 0.0278. The highest BCUT2D eigenvalue weighted by Crippen LogP contribution is 2.38. The summed E-state index contributed by atoms with van der Waals surface area (Å²) in [6.07, 6.45) is -2.24. The SMILES string of the molecule is CCOC(=O)C(F)[C@@H](N)c1cc(OC)c(OC)cc1[N+](=O)[O-].